The SMILES string of the molecule is CC[C@@H](C)[C@@H](NC(=O)Cn1ncc2ccccc2c1=O)C(=O)O. The molecule has 7 nitrogen and oxygen atoms in total. The number of benzene rings is 1. The van der Waals surface area contributed by atoms with Gasteiger partial charge in [-0.05, 0) is 12.0 Å². The molecule has 1 amide bonds. The molecule has 2 atom stereocenters. The molecule has 1 heterocycles. The van der Waals surface area contributed by atoms with Gasteiger partial charge >= 0.3 is 5.97 Å². The van der Waals surface area contributed by atoms with Gasteiger partial charge in [0.1, 0.15) is 12.6 Å². The standard InChI is InChI=1S/C16H19N3O4/c1-3-10(2)14(16(22)23)18-13(20)9-19-15(21)12-7-5-4-6-11(12)8-17-19/h4-8,10,14H,3,9H2,1-2H3,(H,18,20)(H,22,23)/t10-,14-/m1/s1. The molecule has 0 aliphatic rings. The fraction of sp³-hybridized carbons (Fsp3) is 0.375. The van der Waals surface area contributed by atoms with E-state index < -0.39 is 17.9 Å². The third-order valence-electron chi connectivity index (χ3n) is 3.85. The number of rotatable bonds is 6. The van der Waals surface area contributed by atoms with Gasteiger partial charge in [0, 0.05) is 5.39 Å². The Labute approximate surface area is 132 Å². The average Bonchev–Trinajstić information content (AvgIpc) is 2.54. The van der Waals surface area contributed by atoms with Crippen LogP contribution in [-0.2, 0) is 16.1 Å². The highest BCUT2D eigenvalue weighted by Gasteiger charge is 2.25. The maximum absolute atomic E-state index is 12.3. The summed E-state index contributed by atoms with van der Waals surface area (Å²) in [6.45, 7) is 3.28. The normalized spacial score (nSPS) is 13.5. The first-order chi connectivity index (χ1) is 10.9. The topological polar surface area (TPSA) is 101 Å². The van der Waals surface area contributed by atoms with E-state index in [1.165, 1.54) is 6.20 Å². The minimum Gasteiger partial charge on any atom is -0.480 e. The first-order valence-corrected chi connectivity index (χ1v) is 7.41. The molecule has 0 radical (unpaired) electrons. The monoisotopic (exact) mass is 317 g/mol. The van der Waals surface area contributed by atoms with Crippen molar-refractivity contribution in [3.8, 4) is 0 Å². The lowest BCUT2D eigenvalue weighted by atomic mass is 9.99. The summed E-state index contributed by atoms with van der Waals surface area (Å²) in [4.78, 5) is 35.6. The zero-order chi connectivity index (χ0) is 17.0. The molecule has 0 unspecified atom stereocenters. The molecule has 0 saturated carbocycles. The largest absolute Gasteiger partial charge is 0.480 e. The Bertz CT molecular complexity index is 784. The van der Waals surface area contributed by atoms with Crippen LogP contribution in [-0.4, -0.2) is 32.8 Å². The molecular formula is C16H19N3O4. The van der Waals surface area contributed by atoms with E-state index in [0.717, 1.165) is 4.68 Å². The second kappa shape index (κ2) is 7.04. The van der Waals surface area contributed by atoms with Crippen LogP contribution in [0.1, 0.15) is 20.3 Å². The van der Waals surface area contributed by atoms with E-state index in [1.807, 2.05) is 6.92 Å². The van der Waals surface area contributed by atoms with Gasteiger partial charge in [-0.1, -0.05) is 38.5 Å². The highest BCUT2D eigenvalue weighted by atomic mass is 16.4. The lowest BCUT2D eigenvalue weighted by Crippen LogP contribution is -2.47. The summed E-state index contributed by atoms with van der Waals surface area (Å²) in [6, 6.07) is 5.97. The number of aromatic nitrogens is 2. The van der Waals surface area contributed by atoms with Gasteiger partial charge in [0.2, 0.25) is 5.91 Å². The van der Waals surface area contributed by atoms with E-state index in [4.69, 9.17) is 0 Å². The Morgan fingerprint density at radius 3 is 2.70 bits per heavy atom. The number of fused-ring (bicyclic) bond motifs is 1. The molecule has 2 aromatic rings. The Hall–Kier alpha value is -2.70. The molecule has 23 heavy (non-hydrogen) atoms. The summed E-state index contributed by atoms with van der Waals surface area (Å²) in [5.41, 5.74) is -0.381. The molecule has 122 valence electrons. The van der Waals surface area contributed by atoms with Crippen LogP contribution in [0.15, 0.2) is 35.3 Å². The van der Waals surface area contributed by atoms with Gasteiger partial charge in [-0.25, -0.2) is 9.48 Å². The van der Waals surface area contributed by atoms with Gasteiger partial charge in [-0.2, -0.15) is 5.10 Å². The molecule has 1 aromatic carbocycles. The Balaban J connectivity index is 2.19. The third kappa shape index (κ3) is 3.74. The predicted octanol–water partition coefficient (Wildman–Crippen LogP) is 1.01. The number of hydrogen-bond acceptors (Lipinski definition) is 4. The van der Waals surface area contributed by atoms with Gasteiger partial charge in [-0.3, -0.25) is 9.59 Å². The number of carbonyl (C=O) groups is 2. The number of carboxylic acid groups (broad SMARTS) is 1. The van der Waals surface area contributed by atoms with Crippen molar-refractivity contribution in [2.75, 3.05) is 0 Å². The maximum Gasteiger partial charge on any atom is 0.326 e. The van der Waals surface area contributed by atoms with Crippen LogP contribution in [0.3, 0.4) is 0 Å². The molecule has 0 fully saturated rings. The van der Waals surface area contributed by atoms with Crippen molar-refractivity contribution in [3.05, 3.63) is 40.8 Å². The van der Waals surface area contributed by atoms with Crippen molar-refractivity contribution in [1.29, 1.82) is 0 Å². The van der Waals surface area contributed by atoms with Crippen LogP contribution in [0.25, 0.3) is 10.8 Å². The van der Waals surface area contributed by atoms with Crippen molar-refractivity contribution in [1.82, 2.24) is 15.1 Å². The molecule has 7 heteroatoms. The molecule has 0 spiro atoms. The molecule has 0 aliphatic heterocycles. The molecule has 1 aromatic heterocycles. The summed E-state index contributed by atoms with van der Waals surface area (Å²) < 4.78 is 1.03. The molecule has 2 rings (SSSR count). The van der Waals surface area contributed by atoms with Crippen molar-refractivity contribution in [3.63, 3.8) is 0 Å². The molecule has 0 bridgehead atoms. The lowest BCUT2D eigenvalue weighted by Gasteiger charge is -2.20. The highest BCUT2D eigenvalue weighted by Crippen LogP contribution is 2.08. The van der Waals surface area contributed by atoms with E-state index in [-0.39, 0.29) is 18.0 Å². The number of aliphatic carboxylic acids is 1. The summed E-state index contributed by atoms with van der Waals surface area (Å²) in [5.74, 6) is -1.85. The van der Waals surface area contributed by atoms with E-state index in [9.17, 15) is 19.5 Å². The van der Waals surface area contributed by atoms with Crippen LogP contribution in [0.2, 0.25) is 0 Å². The average molecular weight is 317 g/mol. The van der Waals surface area contributed by atoms with Gasteiger partial charge in [0.25, 0.3) is 5.56 Å². The summed E-state index contributed by atoms with van der Waals surface area (Å²) in [5, 5.41) is 16.8. The quantitative estimate of drug-likeness (QED) is 0.828. The van der Waals surface area contributed by atoms with E-state index in [1.54, 1.807) is 31.2 Å². The summed E-state index contributed by atoms with van der Waals surface area (Å²) >= 11 is 0. The van der Waals surface area contributed by atoms with Crippen molar-refractivity contribution >= 4 is 22.6 Å². The molecular weight excluding hydrogens is 298 g/mol. The Morgan fingerprint density at radius 1 is 1.35 bits per heavy atom. The first-order valence-electron chi connectivity index (χ1n) is 7.41. The van der Waals surface area contributed by atoms with Gasteiger partial charge in [0.05, 0.1) is 11.6 Å². The zero-order valence-electron chi connectivity index (χ0n) is 13.0. The van der Waals surface area contributed by atoms with E-state index in [0.29, 0.717) is 17.2 Å². The smallest absolute Gasteiger partial charge is 0.326 e. The fourth-order valence-corrected chi connectivity index (χ4v) is 2.28. The molecule has 2 N–H and O–H groups in total. The number of amides is 1. The second-order valence-electron chi connectivity index (χ2n) is 5.46. The van der Waals surface area contributed by atoms with Crippen LogP contribution in [0.5, 0.6) is 0 Å². The molecule has 0 saturated heterocycles. The van der Waals surface area contributed by atoms with Crippen molar-refractivity contribution < 1.29 is 14.7 Å². The lowest BCUT2D eigenvalue weighted by molar-refractivity contribution is -0.143. The second-order valence-corrected chi connectivity index (χ2v) is 5.46. The van der Waals surface area contributed by atoms with Crippen LogP contribution < -0.4 is 10.9 Å². The van der Waals surface area contributed by atoms with E-state index >= 15 is 0 Å². The maximum atomic E-state index is 12.3. The van der Waals surface area contributed by atoms with Crippen LogP contribution in [0.4, 0.5) is 0 Å². The van der Waals surface area contributed by atoms with Gasteiger partial charge in [0.15, 0.2) is 0 Å². The highest BCUT2D eigenvalue weighted by molar-refractivity contribution is 5.84. The predicted molar refractivity (Wildman–Crippen MR) is 85.0 cm³/mol. The fourth-order valence-electron chi connectivity index (χ4n) is 2.28. The number of carbonyl (C=O) groups excluding carboxylic acids is 1. The number of hydrogen-bond donors (Lipinski definition) is 2. The van der Waals surface area contributed by atoms with Crippen LogP contribution in [0, 0.1) is 5.92 Å². The summed E-state index contributed by atoms with van der Waals surface area (Å²) in [6.07, 6.45) is 2.12. The number of carboxylic acids is 1. The number of nitrogens with zero attached hydrogens (tertiary/aromatic N) is 2. The summed E-state index contributed by atoms with van der Waals surface area (Å²) in [7, 11) is 0. The third-order valence-corrected chi connectivity index (χ3v) is 3.85. The van der Waals surface area contributed by atoms with Gasteiger partial charge in [-0.15, -0.1) is 0 Å². The number of nitrogens with one attached hydrogen (secondary N) is 1. The van der Waals surface area contributed by atoms with Gasteiger partial charge < -0.3 is 10.4 Å². The minimum atomic E-state index is -1.09. The van der Waals surface area contributed by atoms with Crippen LogP contribution >= 0.6 is 0 Å². The van der Waals surface area contributed by atoms with Crippen molar-refractivity contribution in [2.24, 2.45) is 5.92 Å². The van der Waals surface area contributed by atoms with E-state index in [2.05, 4.69) is 10.4 Å². The Morgan fingerprint density at radius 2 is 2.04 bits per heavy atom. The van der Waals surface area contributed by atoms with Crippen molar-refractivity contribution in [2.45, 2.75) is 32.9 Å². The minimum absolute atomic E-state index is 0.210. The first kappa shape index (κ1) is 16.7. The Kier molecular flexibility index (Phi) is 5.10. The zero-order valence-corrected chi connectivity index (χ0v) is 13.0. The molecule has 0 aliphatic carbocycles.